The van der Waals surface area contributed by atoms with Crippen LogP contribution < -0.4 is 15.0 Å². The second-order valence-corrected chi connectivity index (χ2v) is 9.65. The smallest absolute Gasteiger partial charge is 0.282 e. The Morgan fingerprint density at radius 1 is 1.14 bits per heavy atom. The lowest BCUT2D eigenvalue weighted by Gasteiger charge is -2.15. The molecule has 1 aromatic heterocycles. The molecular formula is C27H24BrClFN3O3. The number of hydrogen-bond donors (Lipinski definition) is 0. The molecule has 0 atom stereocenters. The van der Waals surface area contributed by atoms with Gasteiger partial charge >= 0.3 is 0 Å². The van der Waals surface area contributed by atoms with Gasteiger partial charge in [-0.05, 0) is 60.5 Å². The lowest BCUT2D eigenvalue weighted by atomic mass is 10.2. The van der Waals surface area contributed by atoms with Gasteiger partial charge in [0.1, 0.15) is 18.2 Å². The molecular weight excluding hydrogens is 549 g/mol. The summed E-state index contributed by atoms with van der Waals surface area (Å²) in [6, 6.07) is 14.8. The van der Waals surface area contributed by atoms with Gasteiger partial charge in [0.05, 0.1) is 28.7 Å². The SMILES string of the molecule is CCOc1cc(C=Nn2c(C(C)C)nc3ccc(Br)cc3c2=O)cc(Cl)c1OCc1ccc(F)cc1. The molecule has 0 spiro atoms. The third kappa shape index (κ3) is 5.77. The van der Waals surface area contributed by atoms with Gasteiger partial charge in [-0.25, -0.2) is 9.37 Å². The average molecular weight is 573 g/mol. The molecule has 0 aliphatic rings. The van der Waals surface area contributed by atoms with E-state index in [-0.39, 0.29) is 23.9 Å². The normalized spacial score (nSPS) is 11.5. The fourth-order valence-electron chi connectivity index (χ4n) is 3.58. The molecule has 6 nitrogen and oxygen atoms in total. The molecule has 4 rings (SSSR count). The van der Waals surface area contributed by atoms with Gasteiger partial charge in [0.25, 0.3) is 5.56 Å². The number of aromatic nitrogens is 2. The molecule has 0 aliphatic heterocycles. The van der Waals surface area contributed by atoms with E-state index >= 15 is 0 Å². The Morgan fingerprint density at radius 3 is 2.58 bits per heavy atom. The quantitative estimate of drug-likeness (QED) is 0.215. The molecule has 0 fully saturated rings. The van der Waals surface area contributed by atoms with Crippen LogP contribution in [0.2, 0.25) is 5.02 Å². The third-order valence-corrected chi connectivity index (χ3v) is 6.07. The van der Waals surface area contributed by atoms with Crippen LogP contribution in [0.25, 0.3) is 10.9 Å². The molecule has 0 amide bonds. The van der Waals surface area contributed by atoms with Crippen LogP contribution in [0.15, 0.2) is 69.0 Å². The van der Waals surface area contributed by atoms with Gasteiger partial charge in [-0.15, -0.1) is 0 Å². The zero-order chi connectivity index (χ0) is 25.8. The highest BCUT2D eigenvalue weighted by Crippen LogP contribution is 2.37. The topological polar surface area (TPSA) is 65.7 Å². The second kappa shape index (κ2) is 11.2. The van der Waals surface area contributed by atoms with Gasteiger partial charge in [0.2, 0.25) is 0 Å². The largest absolute Gasteiger partial charge is 0.490 e. The molecule has 0 N–H and O–H groups in total. The summed E-state index contributed by atoms with van der Waals surface area (Å²) in [6.07, 6.45) is 1.54. The molecule has 3 aromatic carbocycles. The van der Waals surface area contributed by atoms with Gasteiger partial charge < -0.3 is 9.47 Å². The maximum Gasteiger partial charge on any atom is 0.282 e. The Kier molecular flexibility index (Phi) is 8.06. The molecule has 0 aliphatic carbocycles. The lowest BCUT2D eigenvalue weighted by molar-refractivity contribution is 0.269. The van der Waals surface area contributed by atoms with Gasteiger partial charge in [0, 0.05) is 10.4 Å². The predicted octanol–water partition coefficient (Wildman–Crippen LogP) is 6.93. The van der Waals surface area contributed by atoms with E-state index in [1.165, 1.54) is 23.0 Å². The number of ether oxygens (including phenoxy) is 2. The number of benzene rings is 3. The lowest BCUT2D eigenvalue weighted by Crippen LogP contribution is -2.23. The molecule has 186 valence electrons. The first kappa shape index (κ1) is 25.9. The van der Waals surface area contributed by atoms with Crippen LogP contribution in [0, 0.1) is 5.82 Å². The Labute approximate surface area is 221 Å². The highest BCUT2D eigenvalue weighted by atomic mass is 79.9. The number of halogens is 3. The van der Waals surface area contributed by atoms with Crippen LogP contribution >= 0.6 is 27.5 Å². The minimum atomic E-state index is -0.315. The van der Waals surface area contributed by atoms with Crippen LogP contribution in [0.3, 0.4) is 0 Å². The minimum absolute atomic E-state index is 0.0345. The number of rotatable bonds is 8. The van der Waals surface area contributed by atoms with Crippen molar-refractivity contribution >= 4 is 44.6 Å². The van der Waals surface area contributed by atoms with Crippen LogP contribution in [-0.4, -0.2) is 22.5 Å². The third-order valence-electron chi connectivity index (χ3n) is 5.30. The van der Waals surface area contributed by atoms with Crippen LogP contribution in [0.1, 0.15) is 43.6 Å². The molecule has 4 aromatic rings. The second-order valence-electron chi connectivity index (χ2n) is 8.33. The molecule has 0 radical (unpaired) electrons. The van der Waals surface area contributed by atoms with Crippen molar-refractivity contribution in [1.29, 1.82) is 0 Å². The first-order valence-electron chi connectivity index (χ1n) is 11.4. The fourth-order valence-corrected chi connectivity index (χ4v) is 4.21. The summed E-state index contributed by atoms with van der Waals surface area (Å²) < 4.78 is 26.9. The molecule has 0 saturated carbocycles. The summed E-state index contributed by atoms with van der Waals surface area (Å²) in [5, 5.41) is 5.24. The monoisotopic (exact) mass is 571 g/mol. The highest BCUT2D eigenvalue weighted by Gasteiger charge is 2.15. The van der Waals surface area contributed by atoms with E-state index in [9.17, 15) is 9.18 Å². The van der Waals surface area contributed by atoms with E-state index in [1.54, 1.807) is 36.4 Å². The van der Waals surface area contributed by atoms with Crippen molar-refractivity contribution in [3.63, 3.8) is 0 Å². The summed E-state index contributed by atoms with van der Waals surface area (Å²) in [5.41, 5.74) is 1.75. The summed E-state index contributed by atoms with van der Waals surface area (Å²) in [5.74, 6) is 1.00. The zero-order valence-corrected chi connectivity index (χ0v) is 22.3. The van der Waals surface area contributed by atoms with Gasteiger partial charge in [-0.3, -0.25) is 4.79 Å². The van der Waals surface area contributed by atoms with Crippen molar-refractivity contribution < 1.29 is 13.9 Å². The van der Waals surface area contributed by atoms with Crippen LogP contribution in [0.5, 0.6) is 11.5 Å². The van der Waals surface area contributed by atoms with Crippen LogP contribution in [0.4, 0.5) is 4.39 Å². The average Bonchev–Trinajstić information content (AvgIpc) is 2.84. The maximum absolute atomic E-state index is 13.3. The van der Waals surface area contributed by atoms with Crippen LogP contribution in [-0.2, 0) is 6.61 Å². The first-order valence-corrected chi connectivity index (χ1v) is 12.5. The van der Waals surface area contributed by atoms with Crippen molar-refractivity contribution in [2.24, 2.45) is 5.10 Å². The standard InChI is InChI=1S/C27H24BrClFN3O3/c1-4-35-24-12-18(11-22(29)25(24)36-15-17-5-8-20(30)9-6-17)14-31-33-26(16(2)3)32-23-10-7-19(28)13-21(23)27(33)34/h5-14,16H,4,15H2,1-3H3. The van der Waals surface area contributed by atoms with E-state index < -0.39 is 0 Å². The highest BCUT2D eigenvalue weighted by molar-refractivity contribution is 9.10. The van der Waals surface area contributed by atoms with E-state index in [1.807, 2.05) is 26.8 Å². The Balaban J connectivity index is 1.69. The Hall–Kier alpha value is -3.23. The van der Waals surface area contributed by atoms with Crippen molar-refractivity contribution in [2.45, 2.75) is 33.3 Å². The molecule has 36 heavy (non-hydrogen) atoms. The number of hydrogen-bond acceptors (Lipinski definition) is 5. The molecule has 1 heterocycles. The predicted molar refractivity (Wildman–Crippen MR) is 144 cm³/mol. The van der Waals surface area contributed by atoms with E-state index in [0.29, 0.717) is 45.4 Å². The minimum Gasteiger partial charge on any atom is -0.490 e. The molecule has 0 bridgehead atoms. The molecule has 0 saturated heterocycles. The summed E-state index contributed by atoms with van der Waals surface area (Å²) in [7, 11) is 0. The van der Waals surface area contributed by atoms with E-state index in [0.717, 1.165) is 10.0 Å². The molecule has 0 unspecified atom stereocenters. The van der Waals surface area contributed by atoms with Gasteiger partial charge in [-0.2, -0.15) is 9.78 Å². The fraction of sp³-hybridized carbons (Fsp3) is 0.222. The van der Waals surface area contributed by atoms with Crippen molar-refractivity contribution in [3.05, 3.63) is 97.2 Å². The van der Waals surface area contributed by atoms with Gasteiger partial charge in [-0.1, -0.05) is 53.5 Å². The molecule has 9 heteroatoms. The van der Waals surface area contributed by atoms with Crippen molar-refractivity contribution in [1.82, 2.24) is 9.66 Å². The summed E-state index contributed by atoms with van der Waals surface area (Å²) in [4.78, 5) is 17.9. The van der Waals surface area contributed by atoms with Gasteiger partial charge in [0.15, 0.2) is 11.5 Å². The Morgan fingerprint density at radius 2 is 1.89 bits per heavy atom. The Bertz CT molecular complexity index is 1490. The number of nitrogens with zero attached hydrogens (tertiary/aromatic N) is 3. The number of fused-ring (bicyclic) bond motifs is 1. The van der Waals surface area contributed by atoms with Crippen molar-refractivity contribution in [3.8, 4) is 11.5 Å². The summed E-state index contributed by atoms with van der Waals surface area (Å²) >= 11 is 9.95. The van der Waals surface area contributed by atoms with Crippen molar-refractivity contribution in [2.75, 3.05) is 6.61 Å². The zero-order valence-electron chi connectivity index (χ0n) is 20.0. The van der Waals surface area contributed by atoms with E-state index in [2.05, 4.69) is 26.0 Å². The first-order chi connectivity index (χ1) is 17.3. The van der Waals surface area contributed by atoms with E-state index in [4.69, 9.17) is 21.1 Å². The maximum atomic E-state index is 13.3. The summed E-state index contributed by atoms with van der Waals surface area (Å²) in [6.45, 7) is 6.35.